The van der Waals surface area contributed by atoms with Gasteiger partial charge in [-0.25, -0.2) is 22.0 Å². The molecule has 2 aromatic carbocycles. The number of halogens is 5. The van der Waals surface area contributed by atoms with E-state index in [0.29, 0.717) is 0 Å². The van der Waals surface area contributed by atoms with Crippen molar-refractivity contribution < 1.29 is 31.5 Å². The molecule has 2 amide bonds. The molecule has 4 nitrogen and oxygen atoms in total. The average Bonchev–Trinajstić information content (AvgIpc) is 3.21. The van der Waals surface area contributed by atoms with Crippen molar-refractivity contribution in [3.63, 3.8) is 0 Å². The van der Waals surface area contributed by atoms with E-state index in [-0.39, 0.29) is 17.3 Å². The minimum Gasteiger partial charge on any atom is -0.349 e. The summed E-state index contributed by atoms with van der Waals surface area (Å²) in [6.45, 7) is 0. The molecule has 0 atom stereocenters. The van der Waals surface area contributed by atoms with Crippen molar-refractivity contribution in [3.05, 3.63) is 64.5 Å². The lowest BCUT2D eigenvalue weighted by Crippen LogP contribution is -2.33. The number of carbonyl (C=O) groups excluding carboxylic acids is 2. The van der Waals surface area contributed by atoms with Crippen LogP contribution in [0.1, 0.15) is 41.6 Å². The number of para-hydroxylation sites is 1. The Kier molecular flexibility index (Phi) is 6.14. The quantitative estimate of drug-likeness (QED) is 0.439. The lowest BCUT2D eigenvalue weighted by Gasteiger charge is -2.15. The van der Waals surface area contributed by atoms with Gasteiger partial charge in [0.1, 0.15) is 0 Å². The number of hydrogen-bond acceptors (Lipinski definition) is 2. The van der Waals surface area contributed by atoms with Gasteiger partial charge in [0.05, 0.1) is 17.7 Å². The molecule has 0 heterocycles. The molecule has 9 heteroatoms. The van der Waals surface area contributed by atoms with Gasteiger partial charge in [-0.2, -0.15) is 0 Å². The average molecular weight is 412 g/mol. The first-order chi connectivity index (χ1) is 13.8. The monoisotopic (exact) mass is 412 g/mol. The van der Waals surface area contributed by atoms with Crippen molar-refractivity contribution in [2.24, 2.45) is 0 Å². The fourth-order valence-electron chi connectivity index (χ4n) is 3.28. The van der Waals surface area contributed by atoms with Crippen LogP contribution in [-0.2, 0) is 11.2 Å². The molecule has 0 aromatic heterocycles. The Morgan fingerprint density at radius 1 is 0.862 bits per heavy atom. The summed E-state index contributed by atoms with van der Waals surface area (Å²) in [4.78, 5) is 24.7. The van der Waals surface area contributed by atoms with E-state index in [0.717, 1.165) is 25.7 Å². The molecule has 2 N–H and O–H groups in total. The van der Waals surface area contributed by atoms with Crippen LogP contribution in [0.5, 0.6) is 0 Å². The summed E-state index contributed by atoms with van der Waals surface area (Å²) in [5, 5.41) is 5.15. The summed E-state index contributed by atoms with van der Waals surface area (Å²) in [6, 6.07) is 5.99. The zero-order valence-corrected chi connectivity index (χ0v) is 15.1. The maximum atomic E-state index is 13.8. The van der Waals surface area contributed by atoms with Gasteiger partial charge in [0, 0.05) is 11.6 Å². The molecular weight excluding hydrogens is 395 g/mol. The Hall–Kier alpha value is -2.97. The Morgan fingerprint density at radius 3 is 2.03 bits per heavy atom. The van der Waals surface area contributed by atoms with Crippen molar-refractivity contribution in [2.75, 3.05) is 5.32 Å². The maximum absolute atomic E-state index is 13.8. The number of rotatable bonds is 5. The van der Waals surface area contributed by atoms with Crippen LogP contribution in [0.4, 0.5) is 27.6 Å². The summed E-state index contributed by atoms with van der Waals surface area (Å²) in [6.07, 6.45) is 2.61. The molecule has 0 aliphatic heterocycles. The van der Waals surface area contributed by atoms with Crippen LogP contribution < -0.4 is 10.6 Å². The molecule has 1 aliphatic carbocycles. The van der Waals surface area contributed by atoms with Gasteiger partial charge in [0.2, 0.25) is 11.7 Å². The van der Waals surface area contributed by atoms with Crippen LogP contribution in [0, 0.1) is 29.1 Å². The Labute approximate surface area is 163 Å². The highest BCUT2D eigenvalue weighted by atomic mass is 19.2. The van der Waals surface area contributed by atoms with E-state index in [2.05, 4.69) is 10.6 Å². The van der Waals surface area contributed by atoms with Gasteiger partial charge in [-0.05, 0) is 25.0 Å². The highest BCUT2D eigenvalue weighted by Crippen LogP contribution is 2.24. The molecule has 1 aliphatic rings. The number of nitrogens with one attached hydrogen (secondary N) is 2. The fourth-order valence-corrected chi connectivity index (χ4v) is 3.28. The van der Waals surface area contributed by atoms with E-state index in [1.165, 1.54) is 18.2 Å². The fraction of sp³-hybridized carbons (Fsp3) is 0.300. The summed E-state index contributed by atoms with van der Waals surface area (Å²) in [5.74, 6) is -12.1. The SMILES string of the molecule is O=C(Cc1c(F)c(F)c(F)c(F)c1F)Nc1ccccc1C(=O)NC1CCCC1. The largest absolute Gasteiger partial charge is 0.349 e. The van der Waals surface area contributed by atoms with Crippen LogP contribution >= 0.6 is 0 Å². The van der Waals surface area contributed by atoms with Crippen molar-refractivity contribution in [1.29, 1.82) is 0 Å². The summed E-state index contributed by atoms with van der Waals surface area (Å²) >= 11 is 0. The van der Waals surface area contributed by atoms with Crippen molar-refractivity contribution in [2.45, 2.75) is 38.1 Å². The minimum absolute atomic E-state index is 0.0274. The summed E-state index contributed by atoms with van der Waals surface area (Å²) < 4.78 is 67.3. The van der Waals surface area contributed by atoms with Gasteiger partial charge >= 0.3 is 0 Å². The molecule has 0 unspecified atom stereocenters. The third-order valence-corrected chi connectivity index (χ3v) is 4.77. The van der Waals surface area contributed by atoms with Gasteiger partial charge in [0.15, 0.2) is 23.3 Å². The van der Waals surface area contributed by atoms with Gasteiger partial charge in [-0.1, -0.05) is 25.0 Å². The molecule has 0 saturated heterocycles. The summed E-state index contributed by atoms with van der Waals surface area (Å²) in [5.41, 5.74) is -1.05. The van der Waals surface area contributed by atoms with Crippen LogP contribution in [0.2, 0.25) is 0 Å². The normalized spacial score (nSPS) is 14.1. The van der Waals surface area contributed by atoms with Gasteiger partial charge in [-0.15, -0.1) is 0 Å². The molecule has 2 aromatic rings. The van der Waals surface area contributed by atoms with Crippen molar-refractivity contribution >= 4 is 17.5 Å². The molecule has 154 valence electrons. The smallest absolute Gasteiger partial charge is 0.253 e. The highest BCUT2D eigenvalue weighted by Gasteiger charge is 2.27. The number of anilines is 1. The van der Waals surface area contributed by atoms with E-state index >= 15 is 0 Å². The maximum Gasteiger partial charge on any atom is 0.253 e. The van der Waals surface area contributed by atoms with Crippen LogP contribution in [0.15, 0.2) is 24.3 Å². The van der Waals surface area contributed by atoms with Crippen molar-refractivity contribution in [3.8, 4) is 0 Å². The third-order valence-electron chi connectivity index (χ3n) is 4.77. The zero-order chi connectivity index (χ0) is 21.1. The molecule has 1 saturated carbocycles. The Morgan fingerprint density at radius 2 is 1.41 bits per heavy atom. The first kappa shape index (κ1) is 20.8. The highest BCUT2D eigenvalue weighted by molar-refractivity contribution is 6.04. The van der Waals surface area contributed by atoms with Crippen LogP contribution in [-0.4, -0.2) is 17.9 Å². The van der Waals surface area contributed by atoms with Crippen LogP contribution in [0.3, 0.4) is 0 Å². The van der Waals surface area contributed by atoms with Crippen LogP contribution in [0.25, 0.3) is 0 Å². The predicted octanol–water partition coefficient (Wildman–Crippen LogP) is 4.24. The van der Waals surface area contributed by atoms with E-state index in [1.807, 2.05) is 0 Å². The number of benzene rings is 2. The lowest BCUT2D eigenvalue weighted by atomic mass is 10.1. The second-order valence-corrected chi connectivity index (χ2v) is 6.77. The minimum atomic E-state index is -2.29. The molecule has 0 radical (unpaired) electrons. The number of hydrogen-bond donors (Lipinski definition) is 2. The number of carbonyl (C=O) groups is 2. The third kappa shape index (κ3) is 4.38. The Balaban J connectivity index is 1.78. The number of amides is 2. The molecule has 0 bridgehead atoms. The molecule has 0 spiro atoms. The van der Waals surface area contributed by atoms with E-state index < -0.39 is 52.9 Å². The lowest BCUT2D eigenvalue weighted by molar-refractivity contribution is -0.115. The summed E-state index contributed by atoms with van der Waals surface area (Å²) in [7, 11) is 0. The van der Waals surface area contributed by atoms with Gasteiger partial charge in [0.25, 0.3) is 5.91 Å². The van der Waals surface area contributed by atoms with Crippen molar-refractivity contribution in [1.82, 2.24) is 5.32 Å². The Bertz CT molecular complexity index is 929. The molecular formula is C20H17F5N2O2. The topological polar surface area (TPSA) is 58.2 Å². The molecule has 29 heavy (non-hydrogen) atoms. The second-order valence-electron chi connectivity index (χ2n) is 6.77. The second kappa shape index (κ2) is 8.59. The van der Waals surface area contributed by atoms with Gasteiger partial charge in [-0.3, -0.25) is 9.59 Å². The first-order valence-corrected chi connectivity index (χ1v) is 8.99. The standard InChI is InChI=1S/C20H17F5N2O2/c21-15-12(16(22)18(24)19(25)17(15)23)9-14(28)27-13-8-4-3-7-11(13)20(29)26-10-5-1-2-6-10/h3-4,7-8,10H,1-2,5-6,9H2,(H,26,29)(H,27,28). The van der Waals surface area contributed by atoms with Gasteiger partial charge < -0.3 is 10.6 Å². The van der Waals surface area contributed by atoms with E-state index in [1.54, 1.807) is 6.07 Å². The van der Waals surface area contributed by atoms with E-state index in [9.17, 15) is 31.5 Å². The molecule has 1 fully saturated rings. The predicted molar refractivity (Wildman–Crippen MR) is 94.7 cm³/mol. The van der Waals surface area contributed by atoms with E-state index in [4.69, 9.17) is 0 Å². The molecule has 3 rings (SSSR count). The first-order valence-electron chi connectivity index (χ1n) is 8.99. The zero-order valence-electron chi connectivity index (χ0n) is 15.1.